The Balaban J connectivity index is 1.41. The fourth-order valence-electron chi connectivity index (χ4n) is 6.81. The van der Waals surface area contributed by atoms with Crippen LogP contribution in [0.25, 0.3) is 6.08 Å². The van der Waals surface area contributed by atoms with E-state index in [-0.39, 0.29) is 23.7 Å². The van der Waals surface area contributed by atoms with Crippen LogP contribution in [-0.4, -0.2) is 64.2 Å². The van der Waals surface area contributed by atoms with Gasteiger partial charge < -0.3 is 20.0 Å². The van der Waals surface area contributed by atoms with Crippen molar-refractivity contribution in [3.05, 3.63) is 70.8 Å². The summed E-state index contributed by atoms with van der Waals surface area (Å²) in [6, 6.07) is 10.1. The molecule has 2 N–H and O–H groups in total. The number of alkyl halides is 3. The number of nitrogens with zero attached hydrogens (tertiary/aromatic N) is 2. The normalized spacial score (nSPS) is 30.1. The van der Waals surface area contributed by atoms with E-state index < -0.39 is 22.8 Å². The number of carbonyl (C=O) groups is 1. The number of phenolic OH excluding ortho intramolecular Hbond substituents is 1. The molecule has 1 amide bonds. The molecular weight excluding hydrogens is 469 g/mol. The number of hydrogen-bond donors (Lipinski definition) is 2. The molecule has 192 valence electrons. The van der Waals surface area contributed by atoms with Crippen molar-refractivity contribution in [2.24, 2.45) is 0 Å². The zero-order valence-corrected chi connectivity index (χ0v) is 20.4. The lowest BCUT2D eigenvalue weighted by molar-refractivity contribution is -0.172. The first-order valence-corrected chi connectivity index (χ1v) is 12.3. The third kappa shape index (κ3) is 3.91. The summed E-state index contributed by atoms with van der Waals surface area (Å²) in [6.07, 6.45) is 1.41. The van der Waals surface area contributed by atoms with E-state index >= 15 is 0 Å². The first-order valence-electron chi connectivity index (χ1n) is 12.3. The molecule has 2 aromatic carbocycles. The maximum atomic E-state index is 13.1. The van der Waals surface area contributed by atoms with Crippen molar-refractivity contribution in [3.63, 3.8) is 0 Å². The summed E-state index contributed by atoms with van der Waals surface area (Å²) in [6.45, 7) is 0.807. The molecule has 3 aliphatic rings. The van der Waals surface area contributed by atoms with E-state index in [1.54, 1.807) is 24.1 Å². The Bertz CT molecular complexity index is 1210. The molecule has 5 rings (SSSR count). The van der Waals surface area contributed by atoms with Gasteiger partial charge in [-0.1, -0.05) is 18.2 Å². The molecule has 1 unspecified atom stereocenters. The summed E-state index contributed by atoms with van der Waals surface area (Å²) in [5, 5.41) is 22.4. The van der Waals surface area contributed by atoms with E-state index in [1.165, 1.54) is 24.3 Å². The quantitative estimate of drug-likeness (QED) is 0.615. The molecule has 5 nitrogen and oxygen atoms in total. The number of fused-ring (bicyclic) bond motifs is 1. The lowest BCUT2D eigenvalue weighted by atomic mass is 9.49. The summed E-state index contributed by atoms with van der Waals surface area (Å²) < 4.78 is 39.1. The van der Waals surface area contributed by atoms with Crippen LogP contribution in [0.5, 0.6) is 5.75 Å². The topological polar surface area (TPSA) is 64.0 Å². The maximum Gasteiger partial charge on any atom is 0.416 e. The molecule has 8 heteroatoms. The number of piperidine rings is 1. The first-order chi connectivity index (χ1) is 16.9. The van der Waals surface area contributed by atoms with E-state index in [4.69, 9.17) is 0 Å². The van der Waals surface area contributed by atoms with Crippen molar-refractivity contribution in [1.29, 1.82) is 0 Å². The van der Waals surface area contributed by atoms with Gasteiger partial charge in [0.1, 0.15) is 5.75 Å². The summed E-state index contributed by atoms with van der Waals surface area (Å²) in [5.74, 6) is -0.130. The van der Waals surface area contributed by atoms with Gasteiger partial charge >= 0.3 is 6.18 Å². The van der Waals surface area contributed by atoms with Gasteiger partial charge in [0.15, 0.2) is 0 Å². The molecular formula is C28H31F3N2O3. The number of amides is 1. The second-order valence-electron chi connectivity index (χ2n) is 10.6. The highest BCUT2D eigenvalue weighted by Crippen LogP contribution is 2.58. The zero-order chi connectivity index (χ0) is 25.9. The van der Waals surface area contributed by atoms with Crippen LogP contribution in [0.4, 0.5) is 13.2 Å². The van der Waals surface area contributed by atoms with Crippen molar-refractivity contribution in [1.82, 2.24) is 9.80 Å². The fraction of sp³-hybridized carbons (Fsp3) is 0.464. The largest absolute Gasteiger partial charge is 0.508 e. The van der Waals surface area contributed by atoms with Gasteiger partial charge in [0.05, 0.1) is 11.2 Å². The smallest absolute Gasteiger partial charge is 0.416 e. The van der Waals surface area contributed by atoms with Crippen LogP contribution in [0.1, 0.15) is 47.9 Å². The van der Waals surface area contributed by atoms with Crippen LogP contribution in [0.3, 0.4) is 0 Å². The van der Waals surface area contributed by atoms with Gasteiger partial charge in [-0.25, -0.2) is 0 Å². The summed E-state index contributed by atoms with van der Waals surface area (Å²) in [7, 11) is 3.75. The van der Waals surface area contributed by atoms with Crippen molar-refractivity contribution < 1.29 is 28.2 Å². The van der Waals surface area contributed by atoms with E-state index in [2.05, 4.69) is 4.90 Å². The molecule has 2 aromatic rings. The Kier molecular flexibility index (Phi) is 5.95. The molecule has 1 aliphatic heterocycles. The van der Waals surface area contributed by atoms with E-state index in [0.29, 0.717) is 37.7 Å². The van der Waals surface area contributed by atoms with Crippen molar-refractivity contribution >= 4 is 12.0 Å². The van der Waals surface area contributed by atoms with Crippen LogP contribution in [-0.2, 0) is 22.8 Å². The third-order valence-electron chi connectivity index (χ3n) is 8.80. The summed E-state index contributed by atoms with van der Waals surface area (Å²) in [5.41, 5.74) is 0.0889. The number of rotatable bonds is 3. The van der Waals surface area contributed by atoms with Crippen LogP contribution < -0.4 is 0 Å². The van der Waals surface area contributed by atoms with E-state index in [0.717, 1.165) is 29.8 Å². The molecule has 2 aliphatic carbocycles. The molecule has 36 heavy (non-hydrogen) atoms. The number of likely N-dealkylation sites (N-methyl/N-ethyl adjacent to an activating group) is 2. The van der Waals surface area contributed by atoms with Crippen LogP contribution in [0, 0.1) is 0 Å². The molecule has 0 aromatic heterocycles. The SMILES string of the molecule is CN(C(=O)/C=C/c1cccc(C(F)(F)F)c1)C1CC[C@@]2(O)[C@H]3Cc4ccc(O)cc4[C@@]2(CCN3C)C1. The number of hydrogen-bond acceptors (Lipinski definition) is 4. The number of aromatic hydroxyl groups is 1. The lowest BCUT2D eigenvalue weighted by Crippen LogP contribution is -2.73. The molecule has 2 fully saturated rings. The Morgan fingerprint density at radius 3 is 2.72 bits per heavy atom. The molecule has 1 saturated heterocycles. The minimum Gasteiger partial charge on any atom is -0.508 e. The predicted molar refractivity (Wildman–Crippen MR) is 130 cm³/mol. The number of benzene rings is 2. The minimum absolute atomic E-state index is 0.0361. The van der Waals surface area contributed by atoms with Gasteiger partial charge in [0.25, 0.3) is 0 Å². The molecule has 0 radical (unpaired) electrons. The highest BCUT2D eigenvalue weighted by atomic mass is 19.4. The average molecular weight is 501 g/mol. The Hall–Kier alpha value is -2.84. The standard InChI is InChI=1S/C28H31F3N2O3/c1-32-13-12-26-17-21(10-11-27(26,36)24(32)15-19-7-8-22(34)16-23(19)26)33(2)25(35)9-6-18-4-3-5-20(14-18)28(29,30)31/h3-9,14,16,21,24,34,36H,10-13,15,17H2,1-2H3/b9-6+/t21?,24-,26-,27-/m1/s1. The third-order valence-corrected chi connectivity index (χ3v) is 8.80. The van der Waals surface area contributed by atoms with Crippen LogP contribution in [0.15, 0.2) is 48.5 Å². The molecule has 1 heterocycles. The van der Waals surface area contributed by atoms with Crippen LogP contribution >= 0.6 is 0 Å². The molecule has 4 atom stereocenters. The Morgan fingerprint density at radius 1 is 1.19 bits per heavy atom. The number of carbonyl (C=O) groups excluding carboxylic acids is 1. The second kappa shape index (κ2) is 8.63. The Morgan fingerprint density at radius 2 is 1.97 bits per heavy atom. The van der Waals surface area contributed by atoms with Gasteiger partial charge in [-0.2, -0.15) is 13.2 Å². The van der Waals surface area contributed by atoms with E-state index in [1.807, 2.05) is 13.1 Å². The highest BCUT2D eigenvalue weighted by molar-refractivity contribution is 5.91. The highest BCUT2D eigenvalue weighted by Gasteiger charge is 2.64. The second-order valence-corrected chi connectivity index (χ2v) is 10.6. The lowest BCUT2D eigenvalue weighted by Gasteiger charge is -2.64. The van der Waals surface area contributed by atoms with Crippen molar-refractivity contribution in [2.75, 3.05) is 20.6 Å². The van der Waals surface area contributed by atoms with E-state index in [9.17, 15) is 28.2 Å². The van der Waals surface area contributed by atoms with Crippen molar-refractivity contribution in [2.45, 2.75) is 61.4 Å². The summed E-state index contributed by atoms with van der Waals surface area (Å²) >= 11 is 0. The van der Waals surface area contributed by atoms with Crippen LogP contribution in [0.2, 0.25) is 0 Å². The minimum atomic E-state index is -4.44. The van der Waals surface area contributed by atoms with Gasteiger partial charge in [-0.15, -0.1) is 0 Å². The number of aliphatic hydroxyl groups is 1. The van der Waals surface area contributed by atoms with Crippen molar-refractivity contribution in [3.8, 4) is 5.75 Å². The fourth-order valence-corrected chi connectivity index (χ4v) is 6.81. The van der Waals surface area contributed by atoms with Gasteiger partial charge in [-0.3, -0.25) is 4.79 Å². The molecule has 1 saturated carbocycles. The predicted octanol–water partition coefficient (Wildman–Crippen LogP) is 4.36. The molecule has 2 bridgehead atoms. The summed E-state index contributed by atoms with van der Waals surface area (Å²) in [4.78, 5) is 16.9. The molecule has 0 spiro atoms. The first kappa shape index (κ1) is 24.8. The maximum absolute atomic E-state index is 13.1. The number of likely N-dealkylation sites (tertiary alicyclic amines) is 1. The van der Waals surface area contributed by atoms with Gasteiger partial charge in [0.2, 0.25) is 5.91 Å². The number of phenols is 1. The number of halogens is 3. The average Bonchev–Trinajstić information content (AvgIpc) is 2.84. The van der Waals surface area contributed by atoms with Gasteiger partial charge in [-0.05, 0) is 92.7 Å². The zero-order valence-electron chi connectivity index (χ0n) is 20.4. The Labute approximate surface area is 208 Å². The monoisotopic (exact) mass is 500 g/mol. The van der Waals surface area contributed by atoms with Gasteiger partial charge in [0, 0.05) is 30.6 Å².